The highest BCUT2D eigenvalue weighted by Crippen LogP contribution is 2.26. The SMILES string of the molecule is Cc1cc2ccc(O[C@@H]3O[C@@H](CO)[C@H](O)[C@H]3O)cc2oc1=O. The molecule has 0 unspecified atom stereocenters. The van der Waals surface area contributed by atoms with E-state index in [9.17, 15) is 15.0 Å². The topological polar surface area (TPSA) is 109 Å². The van der Waals surface area contributed by atoms with Crippen LogP contribution < -0.4 is 10.4 Å². The number of hydrogen-bond acceptors (Lipinski definition) is 7. The van der Waals surface area contributed by atoms with Gasteiger partial charge in [0.15, 0.2) is 0 Å². The fourth-order valence-electron chi connectivity index (χ4n) is 2.37. The first-order chi connectivity index (χ1) is 10.5. The second-order valence-corrected chi connectivity index (χ2v) is 5.24. The van der Waals surface area contributed by atoms with Crippen LogP contribution >= 0.6 is 0 Å². The van der Waals surface area contributed by atoms with Crippen LogP contribution in [0.5, 0.6) is 5.75 Å². The number of ether oxygens (including phenoxy) is 2. The van der Waals surface area contributed by atoms with E-state index in [0.717, 1.165) is 5.39 Å². The highest BCUT2D eigenvalue weighted by Gasteiger charge is 2.43. The molecular weight excluding hydrogens is 292 g/mol. The summed E-state index contributed by atoms with van der Waals surface area (Å²) in [7, 11) is 0. The number of aryl methyl sites for hydroxylation is 1. The monoisotopic (exact) mass is 308 g/mol. The van der Waals surface area contributed by atoms with Crippen molar-refractivity contribution in [1.29, 1.82) is 0 Å². The Kier molecular flexibility index (Phi) is 3.88. The van der Waals surface area contributed by atoms with Gasteiger partial charge < -0.3 is 29.2 Å². The lowest BCUT2D eigenvalue weighted by atomic mass is 10.1. The Morgan fingerprint density at radius 1 is 1.23 bits per heavy atom. The van der Waals surface area contributed by atoms with E-state index in [0.29, 0.717) is 16.9 Å². The van der Waals surface area contributed by atoms with Crippen LogP contribution in [-0.2, 0) is 4.74 Å². The van der Waals surface area contributed by atoms with Crippen molar-refractivity contribution in [2.24, 2.45) is 0 Å². The molecule has 7 nitrogen and oxygen atoms in total. The van der Waals surface area contributed by atoms with Gasteiger partial charge in [-0.1, -0.05) is 0 Å². The molecule has 22 heavy (non-hydrogen) atoms. The molecule has 3 rings (SSSR count). The molecule has 2 aromatic rings. The molecule has 0 aliphatic carbocycles. The van der Waals surface area contributed by atoms with Gasteiger partial charge in [-0.25, -0.2) is 4.79 Å². The van der Waals surface area contributed by atoms with E-state index in [1.807, 2.05) is 0 Å². The van der Waals surface area contributed by atoms with Gasteiger partial charge in [0.2, 0.25) is 6.29 Å². The van der Waals surface area contributed by atoms with Crippen molar-refractivity contribution < 1.29 is 29.2 Å². The Balaban J connectivity index is 1.85. The summed E-state index contributed by atoms with van der Waals surface area (Å²) >= 11 is 0. The Hall–Kier alpha value is -1.93. The molecule has 1 aromatic carbocycles. The fraction of sp³-hybridized carbons (Fsp3) is 0.400. The molecule has 0 radical (unpaired) electrons. The Labute approximate surface area is 125 Å². The van der Waals surface area contributed by atoms with Crippen LogP contribution in [0.3, 0.4) is 0 Å². The van der Waals surface area contributed by atoms with Crippen molar-refractivity contribution in [3.8, 4) is 5.75 Å². The van der Waals surface area contributed by atoms with Crippen LogP contribution in [0.1, 0.15) is 5.56 Å². The molecule has 1 fully saturated rings. The highest BCUT2D eigenvalue weighted by atomic mass is 16.7. The summed E-state index contributed by atoms with van der Waals surface area (Å²) in [5.41, 5.74) is 0.419. The third kappa shape index (κ3) is 2.59. The van der Waals surface area contributed by atoms with Gasteiger partial charge in [0.05, 0.1) is 6.61 Å². The second-order valence-electron chi connectivity index (χ2n) is 5.24. The summed E-state index contributed by atoms with van der Waals surface area (Å²) in [5.74, 6) is 0.314. The fourth-order valence-corrected chi connectivity index (χ4v) is 2.37. The standard InChI is InChI=1S/C15H16O7/c1-7-4-8-2-3-9(5-10(8)21-14(7)19)20-15-13(18)12(17)11(6-16)22-15/h2-5,11-13,15-18H,6H2,1H3/t11-,12-,13+,15+/m0/s1. The van der Waals surface area contributed by atoms with Crippen LogP contribution in [0, 0.1) is 6.92 Å². The van der Waals surface area contributed by atoms with Crippen LogP contribution in [0.15, 0.2) is 33.5 Å². The van der Waals surface area contributed by atoms with Crippen molar-refractivity contribution in [3.63, 3.8) is 0 Å². The summed E-state index contributed by atoms with van der Waals surface area (Å²) in [5, 5.41) is 29.3. The third-order valence-electron chi connectivity index (χ3n) is 3.63. The largest absolute Gasteiger partial charge is 0.462 e. The second kappa shape index (κ2) is 5.69. The molecule has 7 heteroatoms. The van der Waals surface area contributed by atoms with Gasteiger partial charge >= 0.3 is 5.63 Å². The van der Waals surface area contributed by atoms with E-state index in [-0.39, 0.29) is 0 Å². The van der Waals surface area contributed by atoms with Crippen molar-refractivity contribution >= 4 is 11.0 Å². The normalized spacial score (nSPS) is 28.2. The first-order valence-electron chi connectivity index (χ1n) is 6.83. The molecule has 118 valence electrons. The van der Waals surface area contributed by atoms with Crippen LogP contribution in [0.2, 0.25) is 0 Å². The predicted molar refractivity (Wildman–Crippen MR) is 75.6 cm³/mol. The number of fused-ring (bicyclic) bond motifs is 1. The van der Waals surface area contributed by atoms with E-state index in [1.165, 1.54) is 6.07 Å². The zero-order valence-electron chi connectivity index (χ0n) is 11.8. The van der Waals surface area contributed by atoms with Crippen molar-refractivity contribution in [3.05, 3.63) is 40.2 Å². The van der Waals surface area contributed by atoms with E-state index in [2.05, 4.69) is 0 Å². The van der Waals surface area contributed by atoms with Crippen molar-refractivity contribution in [2.75, 3.05) is 6.61 Å². The number of benzene rings is 1. The van der Waals surface area contributed by atoms with E-state index in [4.69, 9.17) is 19.0 Å². The number of rotatable bonds is 3. The number of hydrogen-bond donors (Lipinski definition) is 3. The molecule has 2 heterocycles. The first kappa shape index (κ1) is 15.0. The van der Waals surface area contributed by atoms with E-state index >= 15 is 0 Å². The molecule has 1 saturated heterocycles. The van der Waals surface area contributed by atoms with E-state index < -0.39 is 36.8 Å². The summed E-state index contributed by atoms with van der Waals surface area (Å²) in [4.78, 5) is 11.5. The summed E-state index contributed by atoms with van der Waals surface area (Å²) in [6, 6.07) is 6.56. The first-order valence-corrected chi connectivity index (χ1v) is 6.83. The summed E-state index contributed by atoms with van der Waals surface area (Å²) < 4.78 is 15.9. The minimum atomic E-state index is -1.28. The van der Waals surface area contributed by atoms with Gasteiger partial charge in [0.1, 0.15) is 29.6 Å². The maximum atomic E-state index is 11.5. The average molecular weight is 308 g/mol. The zero-order valence-corrected chi connectivity index (χ0v) is 11.8. The molecule has 0 saturated carbocycles. The minimum absolute atomic E-state index is 0.314. The van der Waals surface area contributed by atoms with Gasteiger partial charge in [-0.15, -0.1) is 0 Å². The highest BCUT2D eigenvalue weighted by molar-refractivity contribution is 5.78. The van der Waals surface area contributed by atoms with Crippen LogP contribution in [0.4, 0.5) is 0 Å². The van der Waals surface area contributed by atoms with Gasteiger partial charge in [-0.3, -0.25) is 0 Å². The van der Waals surface area contributed by atoms with Crippen LogP contribution in [0.25, 0.3) is 11.0 Å². The zero-order chi connectivity index (χ0) is 15.9. The maximum Gasteiger partial charge on any atom is 0.339 e. The van der Waals surface area contributed by atoms with Gasteiger partial charge in [0.25, 0.3) is 0 Å². The molecular formula is C15H16O7. The van der Waals surface area contributed by atoms with Gasteiger partial charge in [-0.05, 0) is 25.1 Å². The number of aliphatic hydroxyl groups excluding tert-OH is 3. The molecule has 1 aromatic heterocycles. The van der Waals surface area contributed by atoms with E-state index in [1.54, 1.807) is 25.1 Å². The Bertz CT molecular complexity index is 738. The molecule has 1 aliphatic rings. The molecule has 0 amide bonds. The quantitative estimate of drug-likeness (QED) is 0.680. The maximum absolute atomic E-state index is 11.5. The third-order valence-corrected chi connectivity index (χ3v) is 3.63. The number of aliphatic hydroxyl groups is 3. The molecule has 4 atom stereocenters. The Morgan fingerprint density at radius 3 is 2.68 bits per heavy atom. The molecule has 3 N–H and O–H groups in total. The average Bonchev–Trinajstić information content (AvgIpc) is 2.76. The smallest absolute Gasteiger partial charge is 0.339 e. The predicted octanol–water partition coefficient (Wildman–Crippen LogP) is -0.0808. The van der Waals surface area contributed by atoms with Crippen molar-refractivity contribution in [2.45, 2.75) is 31.5 Å². The van der Waals surface area contributed by atoms with Gasteiger partial charge in [0, 0.05) is 17.0 Å². The lowest BCUT2D eigenvalue weighted by molar-refractivity contribution is -0.116. The lowest BCUT2D eigenvalue weighted by Crippen LogP contribution is -2.35. The molecule has 1 aliphatic heterocycles. The van der Waals surface area contributed by atoms with Gasteiger partial charge in [-0.2, -0.15) is 0 Å². The van der Waals surface area contributed by atoms with Crippen LogP contribution in [-0.4, -0.2) is 46.5 Å². The molecule has 0 bridgehead atoms. The molecule has 0 spiro atoms. The minimum Gasteiger partial charge on any atom is -0.462 e. The summed E-state index contributed by atoms with van der Waals surface area (Å²) in [6.07, 6.45) is -4.52. The lowest BCUT2D eigenvalue weighted by Gasteiger charge is -2.16. The Morgan fingerprint density at radius 2 is 2.00 bits per heavy atom. The van der Waals surface area contributed by atoms with Crippen molar-refractivity contribution in [1.82, 2.24) is 0 Å². The summed E-state index contributed by atoms with van der Waals surface area (Å²) in [6.45, 7) is 1.23.